The van der Waals surface area contributed by atoms with E-state index in [1.54, 1.807) is 19.2 Å². The van der Waals surface area contributed by atoms with Crippen molar-refractivity contribution in [3.05, 3.63) is 47.8 Å². The monoisotopic (exact) mass is 427 g/mol. The van der Waals surface area contributed by atoms with E-state index in [0.717, 1.165) is 36.2 Å². The molecule has 1 amide bonds. The average Bonchev–Trinajstić information content (AvgIpc) is 3.16. The molecule has 0 aliphatic rings. The number of imidazole rings is 1. The second-order valence-electron chi connectivity index (χ2n) is 6.93. The minimum atomic E-state index is -0.202. The number of carbonyl (C=O) groups is 1. The van der Waals surface area contributed by atoms with Gasteiger partial charge in [-0.1, -0.05) is 12.1 Å². The maximum atomic E-state index is 12.6. The van der Waals surface area contributed by atoms with Gasteiger partial charge in [-0.2, -0.15) is 0 Å². The first-order valence-corrected chi connectivity index (χ1v) is 10.1. The second-order valence-corrected chi connectivity index (χ2v) is 6.93. The molecule has 1 N–H and O–H groups in total. The van der Waals surface area contributed by atoms with Gasteiger partial charge in [0.25, 0.3) is 5.91 Å². The van der Waals surface area contributed by atoms with Crippen molar-refractivity contribution in [2.24, 2.45) is 0 Å². The quantitative estimate of drug-likeness (QED) is 0.474. The number of ether oxygens (including phenoxy) is 4. The van der Waals surface area contributed by atoms with E-state index in [9.17, 15) is 4.79 Å². The third kappa shape index (κ3) is 5.08. The maximum Gasteiger partial charge on any atom is 0.251 e. The fourth-order valence-electron chi connectivity index (χ4n) is 3.51. The molecule has 0 unspecified atom stereocenters. The molecule has 0 saturated heterocycles. The number of benzene rings is 2. The van der Waals surface area contributed by atoms with Crippen molar-refractivity contribution in [3.8, 4) is 17.2 Å². The number of nitrogens with one attached hydrogen (secondary N) is 1. The van der Waals surface area contributed by atoms with Crippen LogP contribution in [0.2, 0.25) is 0 Å². The van der Waals surface area contributed by atoms with Crippen molar-refractivity contribution in [1.82, 2.24) is 14.9 Å². The lowest BCUT2D eigenvalue weighted by atomic mass is 10.1. The molecule has 0 fully saturated rings. The molecule has 8 nitrogen and oxygen atoms in total. The van der Waals surface area contributed by atoms with Gasteiger partial charge in [0.1, 0.15) is 5.82 Å². The van der Waals surface area contributed by atoms with E-state index < -0.39 is 0 Å². The zero-order valence-corrected chi connectivity index (χ0v) is 18.4. The molecule has 0 radical (unpaired) electrons. The van der Waals surface area contributed by atoms with Gasteiger partial charge in [0, 0.05) is 32.2 Å². The van der Waals surface area contributed by atoms with Gasteiger partial charge in [-0.15, -0.1) is 0 Å². The molecule has 166 valence electrons. The number of hydrogen-bond donors (Lipinski definition) is 1. The first kappa shape index (κ1) is 22.4. The van der Waals surface area contributed by atoms with E-state index in [-0.39, 0.29) is 5.91 Å². The van der Waals surface area contributed by atoms with E-state index >= 15 is 0 Å². The van der Waals surface area contributed by atoms with Crippen molar-refractivity contribution in [2.45, 2.75) is 19.4 Å². The Hall–Kier alpha value is -3.26. The zero-order chi connectivity index (χ0) is 22.2. The average molecular weight is 428 g/mol. The highest BCUT2D eigenvalue weighted by Crippen LogP contribution is 2.38. The van der Waals surface area contributed by atoms with E-state index in [0.29, 0.717) is 36.0 Å². The molecule has 3 rings (SSSR count). The van der Waals surface area contributed by atoms with Crippen molar-refractivity contribution in [1.29, 1.82) is 0 Å². The van der Waals surface area contributed by atoms with E-state index in [1.165, 1.54) is 21.3 Å². The Labute approximate surface area is 182 Å². The van der Waals surface area contributed by atoms with Crippen molar-refractivity contribution in [2.75, 3.05) is 41.6 Å². The van der Waals surface area contributed by atoms with Crippen LogP contribution in [0, 0.1) is 0 Å². The summed E-state index contributed by atoms with van der Waals surface area (Å²) in [6.07, 6.45) is 1.50. The van der Waals surface area contributed by atoms with Crippen molar-refractivity contribution < 1.29 is 23.7 Å². The number of rotatable bonds is 11. The lowest BCUT2D eigenvalue weighted by Gasteiger charge is -2.14. The molecule has 0 atom stereocenters. The van der Waals surface area contributed by atoms with E-state index in [2.05, 4.69) is 16.0 Å². The van der Waals surface area contributed by atoms with Gasteiger partial charge in [0.05, 0.1) is 39.0 Å². The number of fused-ring (bicyclic) bond motifs is 1. The van der Waals surface area contributed by atoms with Crippen molar-refractivity contribution in [3.63, 3.8) is 0 Å². The highest BCUT2D eigenvalue weighted by atomic mass is 16.5. The zero-order valence-electron chi connectivity index (χ0n) is 18.4. The summed E-state index contributed by atoms with van der Waals surface area (Å²) in [5, 5.41) is 2.95. The van der Waals surface area contributed by atoms with Crippen LogP contribution in [0.5, 0.6) is 17.2 Å². The predicted octanol–water partition coefficient (Wildman–Crippen LogP) is 3.07. The Morgan fingerprint density at radius 3 is 2.39 bits per heavy atom. The molecule has 8 heteroatoms. The number of carbonyl (C=O) groups excluding carboxylic acids is 1. The summed E-state index contributed by atoms with van der Waals surface area (Å²) < 4.78 is 23.4. The largest absolute Gasteiger partial charge is 0.493 e. The Bertz CT molecular complexity index is 1010. The summed E-state index contributed by atoms with van der Waals surface area (Å²) >= 11 is 0. The van der Waals surface area contributed by atoms with E-state index in [4.69, 9.17) is 23.9 Å². The number of aryl methyl sites for hydroxylation is 1. The normalized spacial score (nSPS) is 10.8. The minimum Gasteiger partial charge on any atom is -0.493 e. The second kappa shape index (κ2) is 10.7. The topological polar surface area (TPSA) is 83.8 Å². The molecule has 0 bridgehead atoms. The molecule has 1 heterocycles. The van der Waals surface area contributed by atoms with Gasteiger partial charge in [-0.25, -0.2) is 4.98 Å². The van der Waals surface area contributed by atoms with Gasteiger partial charge in [-0.3, -0.25) is 4.79 Å². The Balaban J connectivity index is 1.64. The summed E-state index contributed by atoms with van der Waals surface area (Å²) in [6, 6.07) is 11.3. The number of para-hydroxylation sites is 2. The van der Waals surface area contributed by atoms with Crippen molar-refractivity contribution >= 4 is 16.9 Å². The van der Waals surface area contributed by atoms with Crippen LogP contribution >= 0.6 is 0 Å². The standard InChI is InChI=1S/C23H29N3O5/c1-28-13-12-26-18-9-6-5-8-17(18)25-21(26)10-7-11-24-23(27)16-14-19(29-2)22(31-4)20(15-16)30-3/h5-6,8-9,14-15H,7,10-13H2,1-4H3,(H,24,27). The SMILES string of the molecule is COCCn1c(CCCNC(=O)c2cc(OC)c(OC)c(OC)c2)nc2ccccc21. The van der Waals surface area contributed by atoms with Crippen LogP contribution in [-0.4, -0.2) is 57.0 Å². The smallest absolute Gasteiger partial charge is 0.251 e. The van der Waals surface area contributed by atoms with E-state index in [1.807, 2.05) is 18.2 Å². The van der Waals surface area contributed by atoms with Gasteiger partial charge in [0.15, 0.2) is 11.5 Å². The third-order valence-electron chi connectivity index (χ3n) is 5.04. The molecule has 31 heavy (non-hydrogen) atoms. The lowest BCUT2D eigenvalue weighted by Crippen LogP contribution is -2.25. The maximum absolute atomic E-state index is 12.6. The van der Waals surface area contributed by atoms with Crippen LogP contribution < -0.4 is 19.5 Å². The summed E-state index contributed by atoms with van der Waals surface area (Å²) in [7, 11) is 6.26. The minimum absolute atomic E-state index is 0.202. The summed E-state index contributed by atoms with van der Waals surface area (Å²) in [6.45, 7) is 1.87. The van der Waals surface area contributed by atoms with Gasteiger partial charge < -0.3 is 28.8 Å². The summed E-state index contributed by atoms with van der Waals surface area (Å²) in [5.74, 6) is 2.13. The molecule has 0 aliphatic carbocycles. The number of methoxy groups -OCH3 is 4. The molecule has 0 aliphatic heterocycles. The highest BCUT2D eigenvalue weighted by Gasteiger charge is 2.17. The Kier molecular flexibility index (Phi) is 7.72. The van der Waals surface area contributed by atoms with Crippen LogP contribution in [0.1, 0.15) is 22.6 Å². The molecule has 3 aromatic rings. The van der Waals surface area contributed by atoms with Gasteiger partial charge in [-0.05, 0) is 30.7 Å². The number of hydrogen-bond acceptors (Lipinski definition) is 6. The van der Waals surface area contributed by atoms with Gasteiger partial charge in [0.2, 0.25) is 5.75 Å². The van der Waals surface area contributed by atoms with Crippen LogP contribution in [0.4, 0.5) is 0 Å². The van der Waals surface area contributed by atoms with Crippen LogP contribution in [-0.2, 0) is 17.7 Å². The Morgan fingerprint density at radius 1 is 1.03 bits per heavy atom. The highest BCUT2D eigenvalue weighted by molar-refractivity contribution is 5.95. The van der Waals surface area contributed by atoms with Crippen LogP contribution in [0.3, 0.4) is 0 Å². The van der Waals surface area contributed by atoms with Gasteiger partial charge >= 0.3 is 0 Å². The molecule has 0 spiro atoms. The molecule has 2 aromatic carbocycles. The molecule has 0 saturated carbocycles. The number of aromatic nitrogens is 2. The first-order chi connectivity index (χ1) is 15.1. The first-order valence-electron chi connectivity index (χ1n) is 10.1. The number of amides is 1. The lowest BCUT2D eigenvalue weighted by molar-refractivity contribution is 0.0952. The number of nitrogens with zero attached hydrogens (tertiary/aromatic N) is 2. The fraction of sp³-hybridized carbons (Fsp3) is 0.391. The predicted molar refractivity (Wildman–Crippen MR) is 118 cm³/mol. The fourth-order valence-corrected chi connectivity index (χ4v) is 3.51. The molecule has 1 aromatic heterocycles. The molecular weight excluding hydrogens is 398 g/mol. The van der Waals surface area contributed by atoms with Crippen LogP contribution in [0.15, 0.2) is 36.4 Å². The summed E-state index contributed by atoms with van der Waals surface area (Å²) in [4.78, 5) is 17.4. The van der Waals surface area contributed by atoms with Crippen LogP contribution in [0.25, 0.3) is 11.0 Å². The molecular formula is C23H29N3O5. The third-order valence-corrected chi connectivity index (χ3v) is 5.04. The Morgan fingerprint density at radius 2 is 1.74 bits per heavy atom. The summed E-state index contributed by atoms with van der Waals surface area (Å²) in [5.41, 5.74) is 2.51.